The molecule has 4 aromatic rings. The summed E-state index contributed by atoms with van der Waals surface area (Å²) in [6.45, 7) is 3.09. The minimum atomic E-state index is -0.914. The Bertz CT molecular complexity index is 1360. The molecule has 0 radical (unpaired) electrons. The maximum Gasteiger partial charge on any atom is 0.404 e. The van der Waals surface area contributed by atoms with Crippen LogP contribution in [0, 0.1) is 17.0 Å². The van der Waals surface area contributed by atoms with Gasteiger partial charge in [-0.2, -0.15) is 4.68 Å². The summed E-state index contributed by atoms with van der Waals surface area (Å²) in [5.41, 5.74) is 5.91. The lowest BCUT2D eigenvalue weighted by atomic mass is 10.3. The first-order chi connectivity index (χ1) is 16.2. The summed E-state index contributed by atoms with van der Waals surface area (Å²) in [6, 6.07) is 10.1. The number of furan rings is 1. The Balaban J connectivity index is 1.32. The van der Waals surface area contributed by atoms with Crippen LogP contribution in [0.15, 0.2) is 49.6 Å². The number of hydrogen-bond donors (Lipinski definition) is 2. The number of hydrazine groups is 1. The standard InChI is InChI=1S/C20H17BrN6O5S2/c1-10-16(21)17(27(30)31)25-26(10)11(2)18(28)23-24-19(29)14-8-7-12(32-14)9-33-20-22-13-5-3-4-6-15(13)34-20/h3-8,11H,9H2,1-2H3,(H,23,28)(H,24,29). The molecule has 3 heterocycles. The second-order valence-electron chi connectivity index (χ2n) is 7.05. The van der Waals surface area contributed by atoms with Crippen molar-refractivity contribution in [3.05, 3.63) is 68.2 Å². The van der Waals surface area contributed by atoms with Crippen LogP contribution in [0.5, 0.6) is 0 Å². The highest BCUT2D eigenvalue weighted by Crippen LogP contribution is 2.32. The first-order valence-corrected chi connectivity index (χ1v) is 12.4. The third-order valence-corrected chi connectivity index (χ3v) is 7.91. The van der Waals surface area contributed by atoms with Crippen LogP contribution in [0.25, 0.3) is 10.2 Å². The fraction of sp³-hybridized carbons (Fsp3) is 0.200. The second-order valence-corrected chi connectivity index (χ2v) is 10.1. The van der Waals surface area contributed by atoms with Gasteiger partial charge in [-0.25, -0.2) is 4.98 Å². The van der Waals surface area contributed by atoms with Gasteiger partial charge in [0.15, 0.2) is 16.1 Å². The minimum Gasteiger partial charge on any atom is -0.455 e. The van der Waals surface area contributed by atoms with E-state index in [1.54, 1.807) is 24.3 Å². The molecule has 1 aromatic carbocycles. The molecule has 176 valence electrons. The predicted molar refractivity (Wildman–Crippen MR) is 130 cm³/mol. The maximum atomic E-state index is 12.4. The molecule has 0 fully saturated rings. The summed E-state index contributed by atoms with van der Waals surface area (Å²) in [6.07, 6.45) is 0. The van der Waals surface area contributed by atoms with E-state index in [1.807, 2.05) is 24.3 Å². The monoisotopic (exact) mass is 564 g/mol. The van der Waals surface area contributed by atoms with E-state index in [0.29, 0.717) is 17.2 Å². The lowest BCUT2D eigenvalue weighted by molar-refractivity contribution is -0.390. The summed E-state index contributed by atoms with van der Waals surface area (Å²) >= 11 is 6.19. The summed E-state index contributed by atoms with van der Waals surface area (Å²) in [7, 11) is 0. The average Bonchev–Trinajstić information content (AvgIpc) is 3.53. The Morgan fingerprint density at radius 1 is 1.29 bits per heavy atom. The van der Waals surface area contributed by atoms with Crippen molar-refractivity contribution in [1.29, 1.82) is 0 Å². The zero-order chi connectivity index (χ0) is 24.4. The smallest absolute Gasteiger partial charge is 0.404 e. The first-order valence-electron chi connectivity index (χ1n) is 9.81. The molecule has 4 rings (SSSR count). The largest absolute Gasteiger partial charge is 0.455 e. The van der Waals surface area contributed by atoms with Crippen LogP contribution in [0.2, 0.25) is 0 Å². The van der Waals surface area contributed by atoms with Crippen molar-refractivity contribution in [3.8, 4) is 0 Å². The van der Waals surface area contributed by atoms with E-state index in [-0.39, 0.29) is 10.2 Å². The van der Waals surface area contributed by atoms with Gasteiger partial charge in [0.05, 0.1) is 26.8 Å². The second kappa shape index (κ2) is 9.95. The highest BCUT2D eigenvalue weighted by Gasteiger charge is 2.29. The van der Waals surface area contributed by atoms with Crippen LogP contribution in [0.1, 0.15) is 35.0 Å². The lowest BCUT2D eigenvalue weighted by Crippen LogP contribution is -2.44. The van der Waals surface area contributed by atoms with E-state index in [0.717, 1.165) is 14.6 Å². The van der Waals surface area contributed by atoms with E-state index in [1.165, 1.54) is 29.4 Å². The van der Waals surface area contributed by atoms with Crippen molar-refractivity contribution in [3.63, 3.8) is 0 Å². The number of nitrogens with zero attached hydrogens (tertiary/aromatic N) is 4. The number of carbonyl (C=O) groups is 2. The van der Waals surface area contributed by atoms with Crippen LogP contribution in [0.4, 0.5) is 5.82 Å². The Morgan fingerprint density at radius 3 is 2.76 bits per heavy atom. The molecule has 0 aliphatic carbocycles. The van der Waals surface area contributed by atoms with Gasteiger partial charge in [-0.15, -0.1) is 11.3 Å². The zero-order valence-corrected chi connectivity index (χ0v) is 21.0. The molecule has 0 aliphatic heterocycles. The van der Waals surface area contributed by atoms with E-state index in [2.05, 4.69) is 36.9 Å². The quantitative estimate of drug-likeness (QED) is 0.191. The topological polar surface area (TPSA) is 145 Å². The molecule has 0 saturated heterocycles. The van der Waals surface area contributed by atoms with Gasteiger partial charge in [0.1, 0.15) is 10.2 Å². The van der Waals surface area contributed by atoms with E-state index in [4.69, 9.17) is 4.42 Å². The molecule has 14 heteroatoms. The lowest BCUT2D eigenvalue weighted by Gasteiger charge is -2.11. The number of nitrogens with one attached hydrogen (secondary N) is 2. The molecule has 0 spiro atoms. The van der Waals surface area contributed by atoms with Gasteiger partial charge in [0, 0.05) is 0 Å². The summed E-state index contributed by atoms with van der Waals surface area (Å²) in [5.74, 6) is -0.545. The number of amides is 2. The maximum absolute atomic E-state index is 12.4. The van der Waals surface area contributed by atoms with Crippen LogP contribution >= 0.6 is 39.0 Å². The molecule has 0 bridgehead atoms. The third kappa shape index (κ3) is 4.98. The number of hydrogen-bond acceptors (Lipinski definition) is 9. The third-order valence-electron chi connectivity index (χ3n) is 4.78. The molecule has 1 unspecified atom stereocenters. The SMILES string of the molecule is Cc1c(Br)c([N+](=O)[O-])nn1C(C)C(=O)NNC(=O)c1ccc(CSc2nc3ccccc3s2)o1. The molecular weight excluding hydrogens is 548 g/mol. The molecule has 34 heavy (non-hydrogen) atoms. The van der Waals surface area contributed by atoms with Crippen LogP contribution in [-0.4, -0.2) is 31.5 Å². The Hall–Kier alpha value is -3.23. The van der Waals surface area contributed by atoms with E-state index >= 15 is 0 Å². The highest BCUT2D eigenvalue weighted by atomic mass is 79.9. The van der Waals surface area contributed by atoms with Crippen molar-refractivity contribution in [2.75, 3.05) is 0 Å². The molecule has 1 atom stereocenters. The van der Waals surface area contributed by atoms with Gasteiger partial charge in [0.2, 0.25) is 0 Å². The van der Waals surface area contributed by atoms with Gasteiger partial charge in [0.25, 0.3) is 5.91 Å². The number of nitro groups is 1. The normalized spacial score (nSPS) is 12.0. The minimum absolute atomic E-state index is 0.0292. The van der Waals surface area contributed by atoms with Crippen LogP contribution in [-0.2, 0) is 10.5 Å². The molecule has 2 N–H and O–H groups in total. The molecule has 11 nitrogen and oxygen atoms in total. The Labute approximate surface area is 209 Å². The van der Waals surface area contributed by atoms with Crippen molar-refractivity contribution in [2.45, 2.75) is 30.0 Å². The number of thiazole rings is 1. The molecule has 0 saturated carbocycles. The van der Waals surface area contributed by atoms with Gasteiger partial charge in [-0.1, -0.05) is 23.9 Å². The highest BCUT2D eigenvalue weighted by molar-refractivity contribution is 9.10. The molecular formula is C20H17BrN6O5S2. The predicted octanol–water partition coefficient (Wildman–Crippen LogP) is 4.38. The first kappa shape index (κ1) is 23.9. The number of halogens is 1. The zero-order valence-electron chi connectivity index (χ0n) is 17.8. The summed E-state index contributed by atoms with van der Waals surface area (Å²) < 4.78 is 8.96. The Kier molecular flexibility index (Phi) is 7.00. The average molecular weight is 565 g/mol. The van der Waals surface area contributed by atoms with Crippen molar-refractivity contribution >= 4 is 66.9 Å². The fourth-order valence-electron chi connectivity index (χ4n) is 3.00. The van der Waals surface area contributed by atoms with Gasteiger partial charge in [-0.3, -0.25) is 20.4 Å². The molecule has 0 aliphatic rings. The number of aromatic nitrogens is 3. The van der Waals surface area contributed by atoms with Gasteiger partial charge in [-0.05, 0) is 59.0 Å². The molecule has 2 amide bonds. The number of fused-ring (bicyclic) bond motifs is 1. The van der Waals surface area contributed by atoms with E-state index in [9.17, 15) is 19.7 Å². The Morgan fingerprint density at radius 2 is 2.06 bits per heavy atom. The molecule has 3 aromatic heterocycles. The summed E-state index contributed by atoms with van der Waals surface area (Å²) in [5, 5.41) is 14.9. The van der Waals surface area contributed by atoms with Crippen LogP contribution in [0.3, 0.4) is 0 Å². The van der Waals surface area contributed by atoms with Crippen molar-refractivity contribution < 1.29 is 18.9 Å². The number of rotatable bonds is 7. The number of carbonyl (C=O) groups excluding carboxylic acids is 2. The van der Waals surface area contributed by atoms with Crippen molar-refractivity contribution in [1.82, 2.24) is 25.6 Å². The summed E-state index contributed by atoms with van der Waals surface area (Å²) in [4.78, 5) is 39.8. The number of thioether (sulfide) groups is 1. The fourth-order valence-corrected chi connectivity index (χ4v) is 5.36. The number of para-hydroxylation sites is 1. The van der Waals surface area contributed by atoms with Gasteiger partial charge < -0.3 is 14.5 Å². The van der Waals surface area contributed by atoms with Gasteiger partial charge >= 0.3 is 11.7 Å². The number of benzene rings is 1. The van der Waals surface area contributed by atoms with E-state index < -0.39 is 28.6 Å². The van der Waals surface area contributed by atoms with Crippen LogP contribution < -0.4 is 10.9 Å². The van der Waals surface area contributed by atoms with Crippen molar-refractivity contribution in [2.24, 2.45) is 0 Å².